The number of anilines is 1. The van der Waals surface area contributed by atoms with E-state index in [0.29, 0.717) is 12.4 Å². The predicted octanol–water partition coefficient (Wildman–Crippen LogP) is 3.18. The molecule has 0 aromatic carbocycles. The van der Waals surface area contributed by atoms with Crippen molar-refractivity contribution >= 4 is 23.1 Å². The number of nitrogens with one attached hydrogen (secondary N) is 1. The molecule has 0 unspecified atom stereocenters. The predicted molar refractivity (Wildman–Crippen MR) is 83.8 cm³/mol. The Bertz CT molecular complexity index is 516. The Labute approximate surface area is 129 Å². The summed E-state index contributed by atoms with van der Waals surface area (Å²) in [4.78, 5) is 16.9. The topological polar surface area (TPSA) is 71.3 Å². The zero-order chi connectivity index (χ0) is 15.5. The lowest BCUT2D eigenvalue weighted by atomic mass is 9.85. The minimum atomic E-state index is -0.450. The van der Waals surface area contributed by atoms with Crippen LogP contribution < -0.4 is 5.32 Å². The second kappa shape index (κ2) is 6.58. The van der Waals surface area contributed by atoms with Crippen LogP contribution in [0.4, 0.5) is 11.5 Å². The molecule has 1 aliphatic carbocycles. The summed E-state index contributed by atoms with van der Waals surface area (Å²) in [5.74, 6) is 0.300. The third kappa shape index (κ3) is 4.04. The fourth-order valence-corrected chi connectivity index (χ4v) is 3.31. The van der Waals surface area contributed by atoms with Crippen LogP contribution in [0.25, 0.3) is 0 Å². The number of halogens is 1. The lowest BCUT2D eigenvalue weighted by Crippen LogP contribution is -2.37. The molecule has 0 saturated heterocycles. The van der Waals surface area contributed by atoms with Gasteiger partial charge in [0.05, 0.1) is 9.95 Å². The Balaban J connectivity index is 2.12. The standard InChI is InChI=1S/C14H21ClN4O2/c1-18(2)10-14(5-3-4-6-14)9-17-13-12(19(20)21)7-11(15)8-16-13/h7-8H,3-6,9-10H2,1-2H3,(H,16,17). The molecule has 6 nitrogen and oxygen atoms in total. The quantitative estimate of drug-likeness (QED) is 0.645. The van der Waals surface area contributed by atoms with Crippen molar-refractivity contribution in [2.45, 2.75) is 25.7 Å². The third-order valence-corrected chi connectivity index (χ3v) is 4.18. The molecule has 2 rings (SSSR count). The summed E-state index contributed by atoms with van der Waals surface area (Å²) in [5, 5.41) is 14.5. The Morgan fingerprint density at radius 3 is 2.71 bits per heavy atom. The molecular formula is C14H21ClN4O2. The number of nitro groups is 1. The molecular weight excluding hydrogens is 292 g/mol. The van der Waals surface area contributed by atoms with Crippen molar-refractivity contribution < 1.29 is 4.92 Å². The van der Waals surface area contributed by atoms with Crippen LogP contribution in [0.15, 0.2) is 12.3 Å². The summed E-state index contributed by atoms with van der Waals surface area (Å²) in [6.07, 6.45) is 6.14. The third-order valence-electron chi connectivity index (χ3n) is 3.98. The summed E-state index contributed by atoms with van der Waals surface area (Å²) in [6.45, 7) is 1.67. The Morgan fingerprint density at radius 1 is 1.48 bits per heavy atom. The Morgan fingerprint density at radius 2 is 2.14 bits per heavy atom. The van der Waals surface area contributed by atoms with Crippen molar-refractivity contribution in [2.24, 2.45) is 5.41 Å². The van der Waals surface area contributed by atoms with Crippen molar-refractivity contribution in [3.8, 4) is 0 Å². The first-order chi connectivity index (χ1) is 9.92. The highest BCUT2D eigenvalue weighted by Crippen LogP contribution is 2.39. The maximum Gasteiger partial charge on any atom is 0.312 e. The second-order valence-corrected chi connectivity index (χ2v) is 6.51. The van der Waals surface area contributed by atoms with Crippen LogP contribution in [-0.2, 0) is 0 Å². The lowest BCUT2D eigenvalue weighted by Gasteiger charge is -2.32. The average Bonchev–Trinajstić information content (AvgIpc) is 2.85. The fourth-order valence-electron chi connectivity index (χ4n) is 3.16. The second-order valence-electron chi connectivity index (χ2n) is 6.08. The molecule has 1 aliphatic rings. The van der Waals surface area contributed by atoms with Crippen LogP contribution in [-0.4, -0.2) is 42.0 Å². The van der Waals surface area contributed by atoms with Gasteiger partial charge in [-0.1, -0.05) is 24.4 Å². The van der Waals surface area contributed by atoms with Crippen LogP contribution in [0.2, 0.25) is 5.02 Å². The molecule has 1 aromatic rings. The smallest absolute Gasteiger partial charge is 0.312 e. The molecule has 0 aliphatic heterocycles. The van der Waals surface area contributed by atoms with E-state index in [1.54, 1.807) is 0 Å². The number of hydrogen-bond acceptors (Lipinski definition) is 5. The fraction of sp³-hybridized carbons (Fsp3) is 0.643. The number of aromatic nitrogens is 1. The molecule has 0 radical (unpaired) electrons. The maximum atomic E-state index is 11.1. The first-order valence-electron chi connectivity index (χ1n) is 7.10. The van der Waals surface area contributed by atoms with Gasteiger partial charge in [0.15, 0.2) is 0 Å². The van der Waals surface area contributed by atoms with Gasteiger partial charge in [0.1, 0.15) is 0 Å². The zero-order valence-electron chi connectivity index (χ0n) is 12.4. The van der Waals surface area contributed by atoms with E-state index < -0.39 is 4.92 Å². The van der Waals surface area contributed by atoms with Crippen LogP contribution in [0.3, 0.4) is 0 Å². The van der Waals surface area contributed by atoms with E-state index in [1.165, 1.54) is 25.1 Å². The summed E-state index contributed by atoms with van der Waals surface area (Å²) < 4.78 is 0. The van der Waals surface area contributed by atoms with E-state index in [9.17, 15) is 10.1 Å². The molecule has 0 atom stereocenters. The molecule has 116 valence electrons. The Hall–Kier alpha value is -1.40. The lowest BCUT2D eigenvalue weighted by molar-refractivity contribution is -0.384. The molecule has 1 saturated carbocycles. The highest BCUT2D eigenvalue weighted by atomic mass is 35.5. The van der Waals surface area contributed by atoms with Gasteiger partial charge >= 0.3 is 5.69 Å². The van der Waals surface area contributed by atoms with Crippen molar-refractivity contribution in [2.75, 3.05) is 32.5 Å². The van der Waals surface area contributed by atoms with Gasteiger partial charge in [-0.25, -0.2) is 4.98 Å². The van der Waals surface area contributed by atoms with E-state index in [1.807, 2.05) is 0 Å². The summed E-state index contributed by atoms with van der Waals surface area (Å²) in [6, 6.07) is 1.34. The molecule has 0 spiro atoms. The largest absolute Gasteiger partial charge is 0.364 e. The monoisotopic (exact) mass is 312 g/mol. The molecule has 7 heteroatoms. The first kappa shape index (κ1) is 16.0. The molecule has 0 amide bonds. The van der Waals surface area contributed by atoms with Gasteiger partial charge in [-0.2, -0.15) is 0 Å². The van der Waals surface area contributed by atoms with Gasteiger partial charge in [-0.15, -0.1) is 0 Å². The summed E-state index contributed by atoms with van der Waals surface area (Å²) in [7, 11) is 4.12. The minimum absolute atomic E-state index is 0.0690. The molecule has 21 heavy (non-hydrogen) atoms. The maximum absolute atomic E-state index is 11.1. The number of nitrogens with zero attached hydrogens (tertiary/aromatic N) is 3. The van der Waals surface area contributed by atoms with Crippen molar-refractivity contribution in [1.29, 1.82) is 0 Å². The van der Waals surface area contributed by atoms with Crippen molar-refractivity contribution in [1.82, 2.24) is 9.88 Å². The van der Waals surface area contributed by atoms with Gasteiger partial charge in [-0.05, 0) is 26.9 Å². The number of hydrogen-bond donors (Lipinski definition) is 1. The van der Waals surface area contributed by atoms with Crippen LogP contribution in [0.1, 0.15) is 25.7 Å². The van der Waals surface area contributed by atoms with Crippen LogP contribution in [0, 0.1) is 15.5 Å². The minimum Gasteiger partial charge on any atom is -0.364 e. The SMILES string of the molecule is CN(C)CC1(CNc2ncc(Cl)cc2[N+](=O)[O-])CCCC1. The number of pyridine rings is 1. The van der Waals surface area contributed by atoms with Crippen molar-refractivity contribution in [3.63, 3.8) is 0 Å². The first-order valence-corrected chi connectivity index (χ1v) is 7.48. The van der Waals surface area contributed by atoms with Gasteiger partial charge in [0, 0.05) is 30.8 Å². The van der Waals surface area contributed by atoms with E-state index >= 15 is 0 Å². The van der Waals surface area contributed by atoms with Crippen molar-refractivity contribution in [3.05, 3.63) is 27.4 Å². The van der Waals surface area contributed by atoms with Crippen LogP contribution >= 0.6 is 11.6 Å². The summed E-state index contributed by atoms with van der Waals surface area (Å²) in [5.41, 5.74) is 0.0964. The molecule has 1 aromatic heterocycles. The van der Waals surface area contributed by atoms with Crippen LogP contribution in [0.5, 0.6) is 0 Å². The highest BCUT2D eigenvalue weighted by Gasteiger charge is 2.34. The highest BCUT2D eigenvalue weighted by molar-refractivity contribution is 6.30. The molecule has 0 bridgehead atoms. The molecule has 1 heterocycles. The van der Waals surface area contributed by atoms with E-state index in [0.717, 1.165) is 19.4 Å². The van der Waals surface area contributed by atoms with E-state index in [-0.39, 0.29) is 16.1 Å². The van der Waals surface area contributed by atoms with Gasteiger partial charge < -0.3 is 10.2 Å². The summed E-state index contributed by atoms with van der Waals surface area (Å²) >= 11 is 5.78. The van der Waals surface area contributed by atoms with Gasteiger partial charge in [-0.3, -0.25) is 10.1 Å². The zero-order valence-corrected chi connectivity index (χ0v) is 13.2. The van der Waals surface area contributed by atoms with Gasteiger partial charge in [0.2, 0.25) is 5.82 Å². The van der Waals surface area contributed by atoms with E-state index in [4.69, 9.17) is 11.6 Å². The average molecular weight is 313 g/mol. The van der Waals surface area contributed by atoms with E-state index in [2.05, 4.69) is 29.3 Å². The number of rotatable bonds is 6. The molecule has 1 N–H and O–H groups in total. The normalized spacial score (nSPS) is 17.1. The Kier molecular flexibility index (Phi) is 5.00. The van der Waals surface area contributed by atoms with Gasteiger partial charge in [0.25, 0.3) is 0 Å². The molecule has 1 fully saturated rings.